The third-order valence-corrected chi connectivity index (χ3v) is 2.61. The van der Waals surface area contributed by atoms with Crippen LogP contribution in [0.15, 0.2) is 0 Å². The molecule has 0 radical (unpaired) electrons. The zero-order valence-corrected chi connectivity index (χ0v) is 10.6. The summed E-state index contributed by atoms with van der Waals surface area (Å²) in [5.74, 6) is 0.428. The molecular weight excluding hydrogens is 188 g/mol. The van der Waals surface area contributed by atoms with E-state index in [2.05, 4.69) is 39.7 Å². The van der Waals surface area contributed by atoms with Crippen molar-refractivity contribution in [2.24, 2.45) is 7.05 Å². The van der Waals surface area contributed by atoms with E-state index >= 15 is 0 Å². The quantitative estimate of drug-likeness (QED) is 0.813. The van der Waals surface area contributed by atoms with E-state index in [1.807, 2.05) is 11.7 Å². The second-order valence-electron chi connectivity index (χ2n) is 5.39. The van der Waals surface area contributed by atoms with E-state index in [0.29, 0.717) is 5.92 Å². The van der Waals surface area contributed by atoms with E-state index in [-0.39, 0.29) is 12.0 Å². The maximum Gasteiger partial charge on any atom is 0.0919 e. The molecule has 0 aliphatic rings. The number of rotatable bonds is 2. The third kappa shape index (κ3) is 2.23. The van der Waals surface area contributed by atoms with Crippen molar-refractivity contribution in [3.63, 3.8) is 0 Å². The minimum Gasteiger partial charge on any atom is -0.390 e. The number of hydrogen-bond donors (Lipinski definition) is 1. The normalized spacial score (nSPS) is 12.5. The summed E-state index contributed by atoms with van der Waals surface area (Å²) in [5.41, 5.74) is 3.27. The molecule has 86 valence electrons. The molecule has 1 rings (SSSR count). The van der Waals surface area contributed by atoms with Gasteiger partial charge < -0.3 is 5.11 Å². The first-order valence-corrected chi connectivity index (χ1v) is 5.46. The second kappa shape index (κ2) is 3.97. The molecule has 0 fully saturated rings. The number of aliphatic hydroxyl groups is 1. The molecule has 0 aliphatic heterocycles. The van der Waals surface area contributed by atoms with Crippen LogP contribution in [-0.2, 0) is 19.1 Å². The first-order valence-electron chi connectivity index (χ1n) is 5.46. The summed E-state index contributed by atoms with van der Waals surface area (Å²) in [4.78, 5) is 0. The largest absolute Gasteiger partial charge is 0.390 e. The summed E-state index contributed by atoms with van der Waals surface area (Å²) < 4.78 is 1.90. The Morgan fingerprint density at radius 1 is 1.33 bits per heavy atom. The Morgan fingerprint density at radius 2 is 1.87 bits per heavy atom. The van der Waals surface area contributed by atoms with Crippen LogP contribution in [0.2, 0.25) is 0 Å². The number of nitrogens with zero attached hydrogens (tertiary/aromatic N) is 2. The van der Waals surface area contributed by atoms with Crippen LogP contribution in [0.3, 0.4) is 0 Å². The summed E-state index contributed by atoms with van der Waals surface area (Å²) in [7, 11) is 1.95. The van der Waals surface area contributed by atoms with Crippen molar-refractivity contribution in [2.45, 2.75) is 52.6 Å². The Morgan fingerprint density at radius 3 is 2.20 bits per heavy atom. The number of hydrogen-bond acceptors (Lipinski definition) is 2. The van der Waals surface area contributed by atoms with Gasteiger partial charge in [-0.2, -0.15) is 5.10 Å². The molecule has 0 saturated heterocycles. The Hall–Kier alpha value is -0.830. The molecular formula is C12H22N2O. The van der Waals surface area contributed by atoms with Crippen LogP contribution in [0.25, 0.3) is 0 Å². The van der Waals surface area contributed by atoms with Gasteiger partial charge >= 0.3 is 0 Å². The first kappa shape index (κ1) is 12.2. The number of aliphatic hydroxyl groups excluding tert-OH is 1. The standard InChI is InChI=1S/C12H22N2O/c1-8(2)11-10(12(3,4)5)9(7-15)13-14(11)6/h8,15H,7H2,1-6H3. The van der Waals surface area contributed by atoms with Gasteiger partial charge in [-0.05, 0) is 11.3 Å². The van der Waals surface area contributed by atoms with Gasteiger partial charge in [0, 0.05) is 18.3 Å². The van der Waals surface area contributed by atoms with Crippen LogP contribution >= 0.6 is 0 Å². The van der Waals surface area contributed by atoms with Gasteiger partial charge in [-0.1, -0.05) is 34.6 Å². The Bertz CT molecular complexity index is 345. The van der Waals surface area contributed by atoms with Gasteiger partial charge in [0.1, 0.15) is 0 Å². The number of aromatic nitrogens is 2. The molecule has 1 N–H and O–H groups in total. The molecule has 3 nitrogen and oxygen atoms in total. The summed E-state index contributed by atoms with van der Waals surface area (Å²) in [6.07, 6.45) is 0. The van der Waals surface area contributed by atoms with Gasteiger partial charge in [0.2, 0.25) is 0 Å². The fraction of sp³-hybridized carbons (Fsp3) is 0.750. The molecule has 1 aromatic heterocycles. The molecule has 0 bridgehead atoms. The van der Waals surface area contributed by atoms with Gasteiger partial charge in [-0.3, -0.25) is 4.68 Å². The minimum atomic E-state index is 0.0210. The highest BCUT2D eigenvalue weighted by atomic mass is 16.3. The van der Waals surface area contributed by atoms with Gasteiger partial charge in [-0.15, -0.1) is 0 Å². The van der Waals surface area contributed by atoms with E-state index in [1.165, 1.54) is 11.3 Å². The molecule has 3 heteroatoms. The van der Waals surface area contributed by atoms with Crippen molar-refractivity contribution < 1.29 is 5.11 Å². The van der Waals surface area contributed by atoms with Crippen LogP contribution in [0.1, 0.15) is 57.5 Å². The van der Waals surface area contributed by atoms with Crippen molar-refractivity contribution in [2.75, 3.05) is 0 Å². The fourth-order valence-electron chi connectivity index (χ4n) is 2.18. The van der Waals surface area contributed by atoms with Gasteiger partial charge in [0.25, 0.3) is 0 Å². The van der Waals surface area contributed by atoms with Crippen LogP contribution < -0.4 is 0 Å². The van der Waals surface area contributed by atoms with Crippen molar-refractivity contribution in [1.29, 1.82) is 0 Å². The highest BCUT2D eigenvalue weighted by Crippen LogP contribution is 2.32. The Labute approximate surface area is 92.1 Å². The zero-order chi connectivity index (χ0) is 11.8. The average Bonchev–Trinajstić information content (AvgIpc) is 2.41. The van der Waals surface area contributed by atoms with Crippen LogP contribution in [0.4, 0.5) is 0 Å². The summed E-state index contributed by atoms with van der Waals surface area (Å²) in [5, 5.41) is 13.7. The fourth-order valence-corrected chi connectivity index (χ4v) is 2.18. The summed E-state index contributed by atoms with van der Waals surface area (Å²) >= 11 is 0. The molecule has 1 heterocycles. The lowest BCUT2D eigenvalue weighted by Crippen LogP contribution is -2.16. The average molecular weight is 210 g/mol. The zero-order valence-electron chi connectivity index (χ0n) is 10.6. The third-order valence-electron chi connectivity index (χ3n) is 2.61. The van der Waals surface area contributed by atoms with E-state index in [9.17, 15) is 5.11 Å². The van der Waals surface area contributed by atoms with Crippen LogP contribution in [0, 0.1) is 0 Å². The topological polar surface area (TPSA) is 38.1 Å². The van der Waals surface area contributed by atoms with E-state index in [1.54, 1.807) is 0 Å². The maximum atomic E-state index is 9.33. The van der Waals surface area contributed by atoms with Gasteiger partial charge in [-0.25, -0.2) is 0 Å². The summed E-state index contributed by atoms with van der Waals surface area (Å²) in [6.45, 7) is 10.8. The molecule has 0 amide bonds. The van der Waals surface area contributed by atoms with Crippen molar-refractivity contribution in [3.05, 3.63) is 17.0 Å². The van der Waals surface area contributed by atoms with E-state index in [4.69, 9.17) is 0 Å². The first-order chi connectivity index (χ1) is 6.79. The second-order valence-corrected chi connectivity index (χ2v) is 5.39. The van der Waals surface area contributed by atoms with Gasteiger partial charge in [0.15, 0.2) is 0 Å². The monoisotopic (exact) mass is 210 g/mol. The molecule has 1 aromatic rings. The lowest BCUT2D eigenvalue weighted by atomic mass is 9.83. The smallest absolute Gasteiger partial charge is 0.0919 e. The van der Waals surface area contributed by atoms with Crippen molar-refractivity contribution in [3.8, 4) is 0 Å². The molecule has 15 heavy (non-hydrogen) atoms. The molecule has 0 spiro atoms. The maximum absolute atomic E-state index is 9.33. The molecule has 0 aromatic carbocycles. The lowest BCUT2D eigenvalue weighted by Gasteiger charge is -2.22. The predicted octanol–water partition coefficient (Wildman–Crippen LogP) is 2.33. The van der Waals surface area contributed by atoms with Gasteiger partial charge in [0.05, 0.1) is 12.3 Å². The van der Waals surface area contributed by atoms with E-state index in [0.717, 1.165) is 5.69 Å². The van der Waals surface area contributed by atoms with Crippen LogP contribution in [0.5, 0.6) is 0 Å². The summed E-state index contributed by atoms with van der Waals surface area (Å²) in [6, 6.07) is 0. The molecule has 0 unspecified atom stereocenters. The predicted molar refractivity (Wildman–Crippen MR) is 61.9 cm³/mol. The number of aryl methyl sites for hydroxylation is 1. The Balaban J connectivity index is 3.43. The van der Waals surface area contributed by atoms with Crippen molar-refractivity contribution in [1.82, 2.24) is 9.78 Å². The molecule has 0 aliphatic carbocycles. The Kier molecular flexibility index (Phi) is 3.24. The lowest BCUT2D eigenvalue weighted by molar-refractivity contribution is 0.272. The minimum absolute atomic E-state index is 0.0210. The highest BCUT2D eigenvalue weighted by Gasteiger charge is 2.27. The van der Waals surface area contributed by atoms with E-state index < -0.39 is 0 Å². The van der Waals surface area contributed by atoms with Crippen LogP contribution in [-0.4, -0.2) is 14.9 Å². The molecule has 0 saturated carbocycles. The van der Waals surface area contributed by atoms with Crippen molar-refractivity contribution >= 4 is 0 Å². The SMILES string of the molecule is CC(C)c1c(C(C)(C)C)c(CO)nn1C. The highest BCUT2D eigenvalue weighted by molar-refractivity contribution is 5.34. The molecule has 0 atom stereocenters.